The van der Waals surface area contributed by atoms with Gasteiger partial charge in [0.25, 0.3) is 0 Å². The van der Waals surface area contributed by atoms with Crippen LogP contribution in [0.5, 0.6) is 0 Å². The monoisotopic (exact) mass is 480 g/mol. The summed E-state index contributed by atoms with van der Waals surface area (Å²) in [5, 5.41) is 12.2. The highest BCUT2D eigenvalue weighted by molar-refractivity contribution is 8.00. The van der Waals surface area contributed by atoms with Crippen molar-refractivity contribution in [2.45, 2.75) is 55.5 Å². The number of carbonyl (C=O) groups excluding carboxylic acids is 2. The van der Waals surface area contributed by atoms with Crippen LogP contribution in [0.3, 0.4) is 0 Å². The molecule has 0 bridgehead atoms. The van der Waals surface area contributed by atoms with E-state index in [1.807, 2.05) is 31.2 Å². The summed E-state index contributed by atoms with van der Waals surface area (Å²) in [7, 11) is 0. The number of carboxylic acid groups (broad SMARTS) is 1. The Morgan fingerprint density at radius 1 is 1.09 bits per heavy atom. The summed E-state index contributed by atoms with van der Waals surface area (Å²) < 4.78 is 5.63. The Balaban J connectivity index is 1.27. The molecule has 1 heterocycles. The van der Waals surface area contributed by atoms with Gasteiger partial charge in [-0.2, -0.15) is 0 Å². The molecule has 2 fully saturated rings. The highest BCUT2D eigenvalue weighted by atomic mass is 32.2. The first-order valence-corrected chi connectivity index (χ1v) is 12.8. The van der Waals surface area contributed by atoms with Crippen LogP contribution in [-0.4, -0.2) is 57.3 Å². The fourth-order valence-electron chi connectivity index (χ4n) is 5.09. The lowest BCUT2D eigenvalue weighted by molar-refractivity contribution is -0.150. The summed E-state index contributed by atoms with van der Waals surface area (Å²) in [5.74, 6) is -1.01. The number of carboxylic acids is 1. The van der Waals surface area contributed by atoms with Gasteiger partial charge < -0.3 is 20.1 Å². The minimum atomic E-state index is -1.06. The van der Waals surface area contributed by atoms with Gasteiger partial charge in [0.1, 0.15) is 18.2 Å². The number of hydrogen-bond acceptors (Lipinski definition) is 5. The van der Waals surface area contributed by atoms with E-state index in [1.165, 1.54) is 16.7 Å². The number of ether oxygens (including phenoxy) is 1. The zero-order chi connectivity index (χ0) is 23.9. The maximum Gasteiger partial charge on any atom is 0.408 e. The number of thioether (sulfide) groups is 1. The standard InChI is InChI=1S/C26H28N2O5S/c1-2-7-22-28(21(15-34-22)23(29)30)24(31)26(12-13-26)27-25(32)33-14-20-18-10-5-3-8-16(18)17-9-4-6-11-19(17)20/h3-6,8-11,20-22H,2,7,12-15H2,1H3,(H,27,32)(H,29,30). The predicted molar refractivity (Wildman–Crippen MR) is 130 cm³/mol. The van der Waals surface area contributed by atoms with Crippen molar-refractivity contribution < 1.29 is 24.2 Å². The lowest BCUT2D eigenvalue weighted by Crippen LogP contribution is -2.56. The number of carbonyl (C=O) groups is 3. The number of hydrogen-bond donors (Lipinski definition) is 2. The second-order valence-electron chi connectivity index (χ2n) is 9.18. The van der Waals surface area contributed by atoms with Crippen LogP contribution in [0.1, 0.15) is 49.7 Å². The van der Waals surface area contributed by atoms with Crippen LogP contribution < -0.4 is 5.32 Å². The first-order valence-electron chi connectivity index (χ1n) is 11.8. The van der Waals surface area contributed by atoms with E-state index in [0.29, 0.717) is 18.6 Å². The first kappa shape index (κ1) is 22.8. The predicted octanol–water partition coefficient (Wildman–Crippen LogP) is 4.21. The molecule has 5 rings (SSSR count). The van der Waals surface area contributed by atoms with E-state index >= 15 is 0 Å². The molecule has 0 spiro atoms. The zero-order valence-corrected chi connectivity index (χ0v) is 19.8. The molecule has 1 saturated heterocycles. The lowest BCUT2D eigenvalue weighted by atomic mass is 9.98. The molecule has 8 heteroatoms. The third-order valence-corrected chi connectivity index (χ3v) is 8.35. The van der Waals surface area contributed by atoms with Crippen LogP contribution in [0.25, 0.3) is 11.1 Å². The Kier molecular flexibility index (Phi) is 6.02. The van der Waals surface area contributed by atoms with Crippen molar-refractivity contribution in [1.29, 1.82) is 0 Å². The van der Waals surface area contributed by atoms with Crippen molar-refractivity contribution in [3.63, 3.8) is 0 Å². The van der Waals surface area contributed by atoms with E-state index in [9.17, 15) is 19.5 Å². The third-order valence-electron chi connectivity index (χ3n) is 6.99. The Labute approximate surface area is 202 Å². The summed E-state index contributed by atoms with van der Waals surface area (Å²) in [4.78, 5) is 39.5. The normalized spacial score (nSPS) is 22.1. The summed E-state index contributed by atoms with van der Waals surface area (Å²) in [6.07, 6.45) is 1.91. The largest absolute Gasteiger partial charge is 0.480 e. The van der Waals surface area contributed by atoms with Crippen molar-refractivity contribution >= 4 is 29.7 Å². The van der Waals surface area contributed by atoms with Crippen LogP contribution in [0.2, 0.25) is 0 Å². The minimum Gasteiger partial charge on any atom is -0.480 e. The molecule has 2 atom stereocenters. The highest BCUT2D eigenvalue weighted by Gasteiger charge is 2.57. The molecule has 0 radical (unpaired) electrons. The van der Waals surface area contributed by atoms with E-state index in [2.05, 4.69) is 29.6 Å². The molecule has 2 amide bonds. The average Bonchev–Trinajstić information content (AvgIpc) is 3.37. The Morgan fingerprint density at radius 2 is 1.71 bits per heavy atom. The smallest absolute Gasteiger partial charge is 0.408 e. The fourth-order valence-corrected chi connectivity index (χ4v) is 6.60. The van der Waals surface area contributed by atoms with Gasteiger partial charge in [-0.15, -0.1) is 11.8 Å². The van der Waals surface area contributed by atoms with E-state index in [4.69, 9.17) is 4.74 Å². The van der Waals surface area contributed by atoms with E-state index in [0.717, 1.165) is 35.1 Å². The molecule has 3 aliphatic rings. The van der Waals surface area contributed by atoms with Gasteiger partial charge in [0.15, 0.2) is 0 Å². The average molecular weight is 481 g/mol. The van der Waals surface area contributed by atoms with Gasteiger partial charge in [-0.25, -0.2) is 9.59 Å². The molecule has 1 aliphatic heterocycles. The minimum absolute atomic E-state index is 0.0655. The number of alkyl carbamates (subject to hydrolysis) is 1. The number of rotatable bonds is 7. The summed E-state index contributed by atoms with van der Waals surface area (Å²) in [5.41, 5.74) is 3.47. The van der Waals surface area contributed by atoms with Gasteiger partial charge in [0.2, 0.25) is 5.91 Å². The van der Waals surface area contributed by atoms with Gasteiger partial charge in [-0.3, -0.25) is 4.79 Å². The highest BCUT2D eigenvalue weighted by Crippen LogP contribution is 2.45. The van der Waals surface area contributed by atoms with Gasteiger partial charge in [0.05, 0.1) is 5.37 Å². The van der Waals surface area contributed by atoms with Crippen molar-refractivity contribution in [3.05, 3.63) is 59.7 Å². The Bertz CT molecular complexity index is 1090. The topological polar surface area (TPSA) is 95.9 Å². The number of benzene rings is 2. The van der Waals surface area contributed by atoms with Gasteiger partial charge >= 0.3 is 12.1 Å². The van der Waals surface area contributed by atoms with Gasteiger partial charge in [-0.05, 0) is 41.5 Å². The fraction of sp³-hybridized carbons (Fsp3) is 0.423. The maximum absolute atomic E-state index is 13.4. The van der Waals surface area contributed by atoms with Crippen molar-refractivity contribution in [1.82, 2.24) is 10.2 Å². The molecule has 0 aromatic heterocycles. The van der Waals surface area contributed by atoms with E-state index < -0.39 is 23.6 Å². The first-order chi connectivity index (χ1) is 16.4. The molecular formula is C26H28N2O5S. The molecule has 7 nitrogen and oxygen atoms in total. The molecule has 34 heavy (non-hydrogen) atoms. The van der Waals surface area contributed by atoms with Gasteiger partial charge in [-0.1, -0.05) is 61.9 Å². The number of amides is 2. The number of aliphatic carboxylic acids is 1. The second-order valence-corrected chi connectivity index (χ2v) is 10.4. The molecular weight excluding hydrogens is 452 g/mol. The third kappa shape index (κ3) is 3.94. The van der Waals surface area contributed by atoms with Crippen molar-refractivity contribution in [3.8, 4) is 11.1 Å². The SMILES string of the molecule is CCCC1SCC(C(=O)O)N1C(=O)C1(NC(=O)OCC2c3ccccc3-c3ccccc32)CC1. The molecule has 2 unspecified atom stereocenters. The van der Waals surface area contributed by atoms with E-state index in [1.54, 1.807) is 0 Å². The molecule has 1 saturated carbocycles. The molecule has 178 valence electrons. The summed E-state index contributed by atoms with van der Waals surface area (Å²) in [6, 6.07) is 15.4. The van der Waals surface area contributed by atoms with Crippen molar-refractivity contribution in [2.75, 3.05) is 12.4 Å². The quantitative estimate of drug-likeness (QED) is 0.616. The van der Waals surface area contributed by atoms with Crippen LogP contribution >= 0.6 is 11.8 Å². The van der Waals surface area contributed by atoms with Crippen LogP contribution in [0, 0.1) is 0 Å². The van der Waals surface area contributed by atoms with Crippen LogP contribution in [0.15, 0.2) is 48.5 Å². The molecule has 2 aliphatic carbocycles. The second kappa shape index (κ2) is 8.98. The Morgan fingerprint density at radius 3 is 2.26 bits per heavy atom. The Hall–Kier alpha value is -3.00. The number of nitrogens with zero attached hydrogens (tertiary/aromatic N) is 1. The van der Waals surface area contributed by atoms with Gasteiger partial charge in [0, 0.05) is 11.7 Å². The van der Waals surface area contributed by atoms with Crippen LogP contribution in [0.4, 0.5) is 4.79 Å². The summed E-state index contributed by atoms with van der Waals surface area (Å²) in [6.45, 7) is 2.18. The number of nitrogens with one attached hydrogen (secondary N) is 1. The lowest BCUT2D eigenvalue weighted by Gasteiger charge is -2.31. The number of fused-ring (bicyclic) bond motifs is 3. The van der Waals surface area contributed by atoms with Crippen LogP contribution in [-0.2, 0) is 14.3 Å². The molecule has 2 N–H and O–H groups in total. The zero-order valence-electron chi connectivity index (χ0n) is 19.0. The summed E-state index contributed by atoms with van der Waals surface area (Å²) >= 11 is 1.50. The molecule has 2 aromatic rings. The van der Waals surface area contributed by atoms with Crippen molar-refractivity contribution in [2.24, 2.45) is 0 Å². The maximum atomic E-state index is 13.4. The van der Waals surface area contributed by atoms with E-state index in [-0.39, 0.29) is 23.8 Å². The molecule has 2 aromatic carbocycles.